The number of nitrogens with zero attached hydrogens (tertiary/aromatic N) is 5. The van der Waals surface area contributed by atoms with E-state index in [1.54, 1.807) is 12.1 Å². The van der Waals surface area contributed by atoms with Crippen LogP contribution in [0.15, 0.2) is 30.5 Å². The van der Waals surface area contributed by atoms with Crippen molar-refractivity contribution in [1.29, 1.82) is 5.26 Å². The van der Waals surface area contributed by atoms with Gasteiger partial charge in [-0.3, -0.25) is 0 Å². The third-order valence-corrected chi connectivity index (χ3v) is 4.24. The molecule has 0 saturated carbocycles. The molecule has 8 nitrogen and oxygen atoms in total. The number of aryl methyl sites for hydroxylation is 1. The zero-order valence-electron chi connectivity index (χ0n) is 15.0. The molecule has 0 unspecified atom stereocenters. The fraction of sp³-hybridized carbons (Fsp3) is 0.222. The number of methoxy groups -OCH3 is 1. The second-order valence-corrected chi connectivity index (χ2v) is 6.20. The molecule has 3 aromatic rings. The number of hydrogen-bond donors (Lipinski definition) is 2. The molecule has 0 bridgehead atoms. The van der Waals surface area contributed by atoms with Crippen LogP contribution in [0, 0.1) is 17.1 Å². The first-order valence-corrected chi connectivity index (χ1v) is 8.75. The van der Waals surface area contributed by atoms with E-state index < -0.39 is 0 Å². The van der Waals surface area contributed by atoms with Gasteiger partial charge in [0.15, 0.2) is 5.82 Å². The Balaban J connectivity index is 1.69. The van der Waals surface area contributed by atoms with Crippen molar-refractivity contribution in [1.82, 2.24) is 19.7 Å². The van der Waals surface area contributed by atoms with E-state index in [0.717, 1.165) is 0 Å². The van der Waals surface area contributed by atoms with Gasteiger partial charge < -0.3 is 15.8 Å². The Hall–Kier alpha value is -3.38. The number of halogens is 2. The quantitative estimate of drug-likeness (QED) is 0.585. The maximum absolute atomic E-state index is 13.1. The van der Waals surface area contributed by atoms with Gasteiger partial charge in [0, 0.05) is 6.54 Å². The van der Waals surface area contributed by atoms with E-state index in [2.05, 4.69) is 26.5 Å². The van der Waals surface area contributed by atoms with Gasteiger partial charge in [0.05, 0.1) is 24.7 Å². The van der Waals surface area contributed by atoms with Crippen LogP contribution in [0.1, 0.15) is 17.7 Å². The second-order valence-electron chi connectivity index (χ2n) is 5.79. The fourth-order valence-electron chi connectivity index (χ4n) is 2.59. The first-order chi connectivity index (χ1) is 13.5. The molecule has 0 amide bonds. The van der Waals surface area contributed by atoms with Crippen LogP contribution < -0.4 is 15.8 Å². The molecule has 2 aromatic heterocycles. The molecular weight excluding hydrogens is 385 g/mol. The Bertz CT molecular complexity index is 1010. The number of nitrogens with one attached hydrogen (secondary N) is 1. The summed E-state index contributed by atoms with van der Waals surface area (Å²) in [5, 5.41) is 17.3. The molecule has 28 heavy (non-hydrogen) atoms. The van der Waals surface area contributed by atoms with Crippen molar-refractivity contribution in [3.05, 3.63) is 52.6 Å². The van der Waals surface area contributed by atoms with Crippen LogP contribution in [0.25, 0.3) is 5.69 Å². The SMILES string of the molecule is COc1ncc(Cl)c(NCCCc2nn(-c3ccc(F)cc3)c(N)c2C#N)n1. The number of rotatable bonds is 7. The van der Waals surface area contributed by atoms with Crippen molar-refractivity contribution < 1.29 is 9.13 Å². The van der Waals surface area contributed by atoms with Crippen LogP contribution in [0.2, 0.25) is 5.02 Å². The Morgan fingerprint density at radius 3 is 2.79 bits per heavy atom. The lowest BCUT2D eigenvalue weighted by Gasteiger charge is -2.07. The number of nitriles is 1. The first kappa shape index (κ1) is 19.4. The normalized spacial score (nSPS) is 10.5. The van der Waals surface area contributed by atoms with Crippen molar-refractivity contribution in [2.75, 3.05) is 24.7 Å². The monoisotopic (exact) mass is 401 g/mol. The highest BCUT2D eigenvalue weighted by Crippen LogP contribution is 2.23. The molecule has 3 rings (SSSR count). The summed E-state index contributed by atoms with van der Waals surface area (Å²) in [7, 11) is 1.47. The third-order valence-electron chi connectivity index (χ3n) is 3.96. The van der Waals surface area contributed by atoms with Crippen molar-refractivity contribution >= 4 is 23.2 Å². The standard InChI is InChI=1S/C18H17ClFN7O/c1-28-18-24-10-14(19)17(25-18)23-8-2-3-15-13(9-21)16(22)27(26-15)12-6-4-11(20)5-7-12/h4-7,10H,2-3,8,22H2,1H3,(H,23,24,25). The van der Waals surface area contributed by atoms with Crippen LogP contribution in [0.3, 0.4) is 0 Å². The number of aromatic nitrogens is 4. The lowest BCUT2D eigenvalue weighted by atomic mass is 10.1. The highest BCUT2D eigenvalue weighted by Gasteiger charge is 2.16. The van der Waals surface area contributed by atoms with E-state index in [0.29, 0.717) is 47.2 Å². The molecule has 0 saturated heterocycles. The maximum Gasteiger partial charge on any atom is 0.318 e. The zero-order chi connectivity index (χ0) is 20.1. The number of nitrogens with two attached hydrogens (primary N) is 1. The summed E-state index contributed by atoms with van der Waals surface area (Å²) in [4.78, 5) is 8.05. The fourth-order valence-corrected chi connectivity index (χ4v) is 2.75. The van der Waals surface area contributed by atoms with E-state index in [1.165, 1.54) is 30.1 Å². The van der Waals surface area contributed by atoms with E-state index >= 15 is 0 Å². The van der Waals surface area contributed by atoms with Crippen LogP contribution >= 0.6 is 11.6 Å². The number of nitrogen functional groups attached to an aromatic ring is 1. The summed E-state index contributed by atoms with van der Waals surface area (Å²) in [6.07, 6.45) is 2.61. The van der Waals surface area contributed by atoms with Crippen molar-refractivity contribution in [2.45, 2.75) is 12.8 Å². The summed E-state index contributed by atoms with van der Waals surface area (Å²) >= 11 is 6.05. The summed E-state index contributed by atoms with van der Waals surface area (Å²) < 4.78 is 19.5. The average Bonchev–Trinajstić information content (AvgIpc) is 3.02. The topological polar surface area (TPSA) is 115 Å². The minimum atomic E-state index is -0.360. The van der Waals surface area contributed by atoms with Crippen LogP contribution in [-0.2, 0) is 6.42 Å². The maximum atomic E-state index is 13.1. The van der Waals surface area contributed by atoms with Gasteiger partial charge in [0.1, 0.15) is 28.3 Å². The van der Waals surface area contributed by atoms with E-state index in [4.69, 9.17) is 22.1 Å². The molecule has 0 atom stereocenters. The molecule has 3 N–H and O–H groups in total. The van der Waals surface area contributed by atoms with E-state index in [-0.39, 0.29) is 17.6 Å². The molecule has 10 heteroatoms. The summed E-state index contributed by atoms with van der Waals surface area (Å²) in [6.45, 7) is 0.536. The summed E-state index contributed by atoms with van der Waals surface area (Å²) in [6, 6.07) is 8.02. The Morgan fingerprint density at radius 1 is 1.36 bits per heavy atom. The molecule has 1 aromatic carbocycles. The van der Waals surface area contributed by atoms with Crippen molar-refractivity contribution in [3.63, 3.8) is 0 Å². The van der Waals surface area contributed by atoms with Crippen LogP contribution in [0.5, 0.6) is 6.01 Å². The van der Waals surface area contributed by atoms with Gasteiger partial charge in [-0.2, -0.15) is 15.3 Å². The molecule has 0 radical (unpaired) electrons. The Morgan fingerprint density at radius 2 is 2.11 bits per heavy atom. The van der Waals surface area contributed by atoms with Crippen LogP contribution in [-0.4, -0.2) is 33.4 Å². The second kappa shape index (κ2) is 8.54. The van der Waals surface area contributed by atoms with Crippen molar-refractivity contribution in [3.8, 4) is 17.8 Å². The molecule has 0 aliphatic rings. The smallest absolute Gasteiger partial charge is 0.318 e. The zero-order valence-corrected chi connectivity index (χ0v) is 15.7. The van der Waals surface area contributed by atoms with Gasteiger partial charge in [0.25, 0.3) is 0 Å². The summed E-state index contributed by atoms with van der Waals surface area (Å²) in [5.74, 6) is 0.326. The molecule has 144 valence electrons. The van der Waals surface area contributed by atoms with Crippen LogP contribution in [0.4, 0.5) is 16.0 Å². The first-order valence-electron chi connectivity index (χ1n) is 8.37. The van der Waals surface area contributed by atoms with E-state index in [9.17, 15) is 9.65 Å². The lowest BCUT2D eigenvalue weighted by Crippen LogP contribution is -2.07. The van der Waals surface area contributed by atoms with Gasteiger partial charge in [-0.15, -0.1) is 0 Å². The number of anilines is 2. The highest BCUT2D eigenvalue weighted by atomic mass is 35.5. The predicted octanol–water partition coefficient (Wildman–Crippen LogP) is 2.96. The van der Waals surface area contributed by atoms with Crippen molar-refractivity contribution in [2.24, 2.45) is 0 Å². The molecular formula is C18H17ClFN7O. The predicted molar refractivity (Wildman–Crippen MR) is 103 cm³/mol. The van der Waals surface area contributed by atoms with Gasteiger partial charge in [-0.05, 0) is 37.1 Å². The number of benzene rings is 1. The lowest BCUT2D eigenvalue weighted by molar-refractivity contribution is 0.380. The molecule has 0 aliphatic carbocycles. The third kappa shape index (κ3) is 4.13. The van der Waals surface area contributed by atoms with E-state index in [1.807, 2.05) is 0 Å². The van der Waals surface area contributed by atoms with Gasteiger partial charge in [-0.25, -0.2) is 14.1 Å². The van der Waals surface area contributed by atoms with Gasteiger partial charge >= 0.3 is 6.01 Å². The molecule has 0 fully saturated rings. The van der Waals surface area contributed by atoms with Gasteiger partial charge in [0.2, 0.25) is 0 Å². The molecule has 2 heterocycles. The summed E-state index contributed by atoms with van der Waals surface area (Å²) in [5.41, 5.74) is 7.51. The number of hydrogen-bond acceptors (Lipinski definition) is 7. The molecule has 0 spiro atoms. The number of ether oxygens (including phenoxy) is 1. The highest BCUT2D eigenvalue weighted by molar-refractivity contribution is 6.32. The largest absolute Gasteiger partial charge is 0.467 e. The minimum Gasteiger partial charge on any atom is -0.467 e. The minimum absolute atomic E-state index is 0.212. The molecule has 0 aliphatic heterocycles. The average molecular weight is 402 g/mol. The Labute approximate surface area is 165 Å². The Kier molecular flexibility index (Phi) is 5.91. The van der Waals surface area contributed by atoms with Gasteiger partial charge in [-0.1, -0.05) is 11.6 Å².